The van der Waals surface area contributed by atoms with Crippen LogP contribution in [0, 0.1) is 19.8 Å². The first-order chi connectivity index (χ1) is 2.81. The molecule has 0 saturated heterocycles. The molecule has 0 amide bonds. The molecule has 0 rings (SSSR count). The monoisotopic (exact) mass is 84.1 g/mol. The van der Waals surface area contributed by atoms with E-state index in [0.29, 0.717) is 5.92 Å². The van der Waals surface area contributed by atoms with Gasteiger partial charge >= 0.3 is 0 Å². The van der Waals surface area contributed by atoms with E-state index >= 15 is 0 Å². The third-order valence-electron chi connectivity index (χ3n) is 0.986. The predicted molar refractivity (Wildman–Crippen MR) is 29.1 cm³/mol. The molecule has 0 N–H and O–H groups in total. The van der Waals surface area contributed by atoms with Gasteiger partial charge in [0.05, 0.1) is 26.7 Å². The standard InChI is InChI=1S/C6H12/c1-4-6(3)5-2/h6H,1-2,4-5H2,3H3/q+2. The second-order valence-corrected chi connectivity index (χ2v) is 1.68. The first-order valence-corrected chi connectivity index (χ1v) is 2.39. The van der Waals surface area contributed by atoms with Crippen molar-refractivity contribution < 1.29 is 0 Å². The molecule has 0 heterocycles. The molecule has 0 aliphatic carbocycles. The molecular weight excluding hydrogens is 72.1 g/mol. The van der Waals surface area contributed by atoms with Crippen LogP contribution in [0.4, 0.5) is 0 Å². The van der Waals surface area contributed by atoms with E-state index in [1.807, 2.05) is 0 Å². The molecule has 0 heteroatoms. The topological polar surface area (TPSA) is 0 Å². The molecule has 0 saturated carbocycles. The van der Waals surface area contributed by atoms with Gasteiger partial charge in [0, 0.05) is 5.92 Å². The van der Waals surface area contributed by atoms with Crippen molar-refractivity contribution in [1.82, 2.24) is 0 Å². The second-order valence-electron chi connectivity index (χ2n) is 1.68. The highest BCUT2D eigenvalue weighted by Crippen LogP contribution is 2.02. The van der Waals surface area contributed by atoms with Crippen LogP contribution in [0.25, 0.3) is 0 Å². The fourth-order valence-electron chi connectivity index (χ4n) is 0.144. The summed E-state index contributed by atoms with van der Waals surface area (Å²) in [7, 11) is 0. The summed E-state index contributed by atoms with van der Waals surface area (Å²) in [6.45, 7) is 9.59. The number of hydrogen-bond acceptors (Lipinski definition) is 0. The van der Waals surface area contributed by atoms with Gasteiger partial charge in [-0.2, -0.15) is 0 Å². The maximum absolute atomic E-state index is 3.72. The van der Waals surface area contributed by atoms with Crippen LogP contribution in [0.2, 0.25) is 0 Å². The molecule has 0 aromatic carbocycles. The quantitative estimate of drug-likeness (QED) is 0.449. The summed E-state index contributed by atoms with van der Waals surface area (Å²) in [6.07, 6.45) is 2.03. The fraction of sp³-hybridized carbons (Fsp3) is 0.667. The Morgan fingerprint density at radius 3 is 1.67 bits per heavy atom. The molecule has 0 fully saturated rings. The zero-order valence-electron chi connectivity index (χ0n) is 4.41. The van der Waals surface area contributed by atoms with E-state index in [9.17, 15) is 0 Å². The average molecular weight is 84.2 g/mol. The molecular formula is C6H12+2. The maximum Gasteiger partial charge on any atom is 0.0916 e. The van der Waals surface area contributed by atoms with Crippen molar-refractivity contribution in [3.63, 3.8) is 0 Å². The Balaban J connectivity index is 2.75. The van der Waals surface area contributed by atoms with Crippen molar-refractivity contribution in [2.45, 2.75) is 19.8 Å². The van der Waals surface area contributed by atoms with Gasteiger partial charge in [0.1, 0.15) is 0 Å². The lowest BCUT2D eigenvalue weighted by Crippen LogP contribution is -1.85. The average Bonchev–Trinajstić information content (AvgIpc) is 1.65. The van der Waals surface area contributed by atoms with Gasteiger partial charge in [0.25, 0.3) is 0 Å². The molecule has 0 aliphatic heterocycles. The van der Waals surface area contributed by atoms with E-state index < -0.39 is 0 Å². The van der Waals surface area contributed by atoms with Gasteiger partial charge in [0.2, 0.25) is 0 Å². The van der Waals surface area contributed by atoms with Gasteiger partial charge in [-0.15, -0.1) is 0 Å². The summed E-state index contributed by atoms with van der Waals surface area (Å²) in [4.78, 5) is 0. The molecule has 34 valence electrons. The fourth-order valence-corrected chi connectivity index (χ4v) is 0.144. The molecule has 0 spiro atoms. The minimum absolute atomic E-state index is 0.713. The van der Waals surface area contributed by atoms with Crippen molar-refractivity contribution in [2.75, 3.05) is 0 Å². The molecule has 0 aromatic heterocycles. The van der Waals surface area contributed by atoms with Gasteiger partial charge in [-0.05, 0) is 0 Å². The van der Waals surface area contributed by atoms with Gasteiger partial charge in [-0.25, -0.2) is 0 Å². The Morgan fingerprint density at radius 1 is 1.33 bits per heavy atom. The van der Waals surface area contributed by atoms with E-state index in [0.717, 1.165) is 12.8 Å². The van der Waals surface area contributed by atoms with E-state index in [-0.39, 0.29) is 0 Å². The largest absolute Gasteiger partial charge is 0.0916 e. The lowest BCUT2D eigenvalue weighted by atomic mass is 10.1. The van der Waals surface area contributed by atoms with Crippen molar-refractivity contribution in [3.8, 4) is 0 Å². The zero-order chi connectivity index (χ0) is 4.99. The Morgan fingerprint density at radius 2 is 1.67 bits per heavy atom. The molecule has 0 bridgehead atoms. The molecule has 0 aromatic rings. The Hall–Kier alpha value is -0.260. The number of hydrogen-bond donors (Lipinski definition) is 0. The minimum atomic E-state index is 0.713. The second kappa shape index (κ2) is 2.95. The van der Waals surface area contributed by atoms with Gasteiger partial charge in [-0.1, -0.05) is 6.92 Å². The highest BCUT2D eigenvalue weighted by molar-refractivity contribution is 4.53. The first kappa shape index (κ1) is 5.74. The summed E-state index contributed by atoms with van der Waals surface area (Å²) >= 11 is 0. The molecule has 0 unspecified atom stereocenters. The normalized spacial score (nSPS) is 9.67. The van der Waals surface area contributed by atoms with Crippen molar-refractivity contribution in [1.29, 1.82) is 0 Å². The van der Waals surface area contributed by atoms with E-state index in [1.54, 1.807) is 0 Å². The van der Waals surface area contributed by atoms with E-state index in [1.165, 1.54) is 0 Å². The van der Waals surface area contributed by atoms with Crippen molar-refractivity contribution >= 4 is 0 Å². The third kappa shape index (κ3) is 2.01. The predicted octanol–water partition coefficient (Wildman–Crippen LogP) is 2.07. The zero-order valence-corrected chi connectivity index (χ0v) is 4.41. The Kier molecular flexibility index (Phi) is 2.82. The summed E-state index contributed by atoms with van der Waals surface area (Å²) in [6, 6.07) is 0. The van der Waals surface area contributed by atoms with Crippen LogP contribution in [0.1, 0.15) is 19.8 Å². The minimum Gasteiger partial charge on any atom is -0.0543 e. The molecule has 0 nitrogen and oxygen atoms in total. The summed E-state index contributed by atoms with van der Waals surface area (Å²) in [5, 5.41) is 0. The number of rotatable bonds is 2. The highest BCUT2D eigenvalue weighted by Gasteiger charge is 1.99. The van der Waals surface area contributed by atoms with Crippen LogP contribution in [0.5, 0.6) is 0 Å². The highest BCUT2D eigenvalue weighted by atomic mass is 13.9. The SMILES string of the molecule is [CH2+]CC(C)C[CH2+]. The van der Waals surface area contributed by atoms with Gasteiger partial charge in [-0.3, -0.25) is 0 Å². The maximum atomic E-state index is 3.72. The Labute approximate surface area is 40.6 Å². The Bertz CT molecular complexity index is 19.2. The van der Waals surface area contributed by atoms with E-state index in [2.05, 4.69) is 20.8 Å². The lowest BCUT2D eigenvalue weighted by molar-refractivity contribution is 0.599. The van der Waals surface area contributed by atoms with Crippen molar-refractivity contribution in [2.24, 2.45) is 5.92 Å². The molecule has 0 aliphatic rings. The molecule has 0 atom stereocenters. The van der Waals surface area contributed by atoms with Gasteiger partial charge in [0.15, 0.2) is 0 Å². The third-order valence-corrected chi connectivity index (χ3v) is 0.986. The molecule has 0 radical (unpaired) electrons. The summed E-state index contributed by atoms with van der Waals surface area (Å²) in [5.74, 6) is 0.713. The first-order valence-electron chi connectivity index (χ1n) is 2.39. The summed E-state index contributed by atoms with van der Waals surface area (Å²) in [5.41, 5.74) is 0. The van der Waals surface area contributed by atoms with Gasteiger partial charge < -0.3 is 0 Å². The smallest absolute Gasteiger partial charge is 0.0543 e. The van der Waals surface area contributed by atoms with Crippen LogP contribution in [-0.2, 0) is 0 Å². The van der Waals surface area contributed by atoms with Crippen LogP contribution < -0.4 is 0 Å². The van der Waals surface area contributed by atoms with Crippen LogP contribution >= 0.6 is 0 Å². The van der Waals surface area contributed by atoms with Crippen LogP contribution in [-0.4, -0.2) is 0 Å². The summed E-state index contributed by atoms with van der Waals surface area (Å²) < 4.78 is 0. The lowest BCUT2D eigenvalue weighted by Gasteiger charge is -1.88. The van der Waals surface area contributed by atoms with Crippen molar-refractivity contribution in [3.05, 3.63) is 13.8 Å². The molecule has 6 heavy (non-hydrogen) atoms. The van der Waals surface area contributed by atoms with Crippen LogP contribution in [0.15, 0.2) is 0 Å². The van der Waals surface area contributed by atoms with E-state index in [4.69, 9.17) is 0 Å². The van der Waals surface area contributed by atoms with Crippen LogP contribution in [0.3, 0.4) is 0 Å².